The van der Waals surface area contributed by atoms with Crippen LogP contribution in [0.25, 0.3) is 0 Å². The molecule has 0 heterocycles. The van der Waals surface area contributed by atoms with Crippen molar-refractivity contribution in [3.8, 4) is 5.75 Å². The second-order valence-electron chi connectivity index (χ2n) is 5.26. The molecule has 0 saturated heterocycles. The number of phenolic OH excluding ortho intramolecular Hbond substituents is 1. The Hall–Kier alpha value is -1.80. The van der Waals surface area contributed by atoms with Crippen LogP contribution in [0.5, 0.6) is 5.75 Å². The Morgan fingerprint density at radius 2 is 1.89 bits per heavy atom. The van der Waals surface area contributed by atoms with Gasteiger partial charge in [0.1, 0.15) is 5.75 Å². The fourth-order valence-corrected chi connectivity index (χ4v) is 2.62. The first-order valence-electron chi connectivity index (χ1n) is 6.24. The molecular formula is C16H17NO. The van der Waals surface area contributed by atoms with Crippen LogP contribution in [0.3, 0.4) is 0 Å². The third kappa shape index (κ3) is 1.79. The lowest BCUT2D eigenvalue weighted by molar-refractivity contribution is 0.474. The Morgan fingerprint density at radius 3 is 2.56 bits per heavy atom. The molecule has 1 fully saturated rings. The highest BCUT2D eigenvalue weighted by Gasteiger charge is 2.52. The Kier molecular flexibility index (Phi) is 2.42. The second-order valence-corrected chi connectivity index (χ2v) is 5.26. The molecule has 3 N–H and O–H groups in total. The number of hydrogen-bond acceptors (Lipinski definition) is 2. The monoisotopic (exact) mass is 239 g/mol. The first-order chi connectivity index (χ1) is 8.59. The van der Waals surface area contributed by atoms with Crippen LogP contribution >= 0.6 is 0 Å². The lowest BCUT2D eigenvalue weighted by atomic mass is 9.98. The fraction of sp³-hybridized carbons (Fsp3) is 0.250. The number of hydrogen-bond donors (Lipinski definition) is 2. The molecule has 0 spiro atoms. The van der Waals surface area contributed by atoms with E-state index in [9.17, 15) is 5.11 Å². The highest BCUT2D eigenvalue weighted by molar-refractivity contribution is 5.44. The van der Waals surface area contributed by atoms with Gasteiger partial charge in [0, 0.05) is 11.5 Å². The summed E-state index contributed by atoms with van der Waals surface area (Å²) in [5.41, 5.74) is 9.75. The Labute approximate surface area is 107 Å². The molecule has 0 aromatic heterocycles. The summed E-state index contributed by atoms with van der Waals surface area (Å²) >= 11 is 0. The van der Waals surface area contributed by atoms with Crippen molar-refractivity contribution in [2.75, 3.05) is 0 Å². The standard InChI is InChI=1S/C16H17NO/c1-11-5-7-13(8-6-11)16(17)10-15(16)12-3-2-4-14(18)9-12/h2-9,15,18H,10,17H2,1H3. The predicted molar refractivity (Wildman–Crippen MR) is 72.5 cm³/mol. The summed E-state index contributed by atoms with van der Waals surface area (Å²) in [5.74, 6) is 0.623. The zero-order chi connectivity index (χ0) is 12.8. The van der Waals surface area contributed by atoms with Crippen molar-refractivity contribution < 1.29 is 5.11 Å². The van der Waals surface area contributed by atoms with Crippen molar-refractivity contribution in [2.24, 2.45) is 5.73 Å². The van der Waals surface area contributed by atoms with Gasteiger partial charge in [-0.15, -0.1) is 0 Å². The summed E-state index contributed by atoms with van der Waals surface area (Å²) in [6, 6.07) is 15.8. The highest BCUT2D eigenvalue weighted by atomic mass is 16.3. The molecule has 2 nitrogen and oxygen atoms in total. The third-order valence-electron chi connectivity index (χ3n) is 3.87. The molecule has 2 aromatic rings. The van der Waals surface area contributed by atoms with Crippen LogP contribution in [-0.2, 0) is 5.54 Å². The van der Waals surface area contributed by atoms with E-state index >= 15 is 0 Å². The molecule has 18 heavy (non-hydrogen) atoms. The van der Waals surface area contributed by atoms with Crippen LogP contribution in [0.4, 0.5) is 0 Å². The number of benzene rings is 2. The van der Waals surface area contributed by atoms with Gasteiger partial charge < -0.3 is 10.8 Å². The van der Waals surface area contributed by atoms with Crippen LogP contribution < -0.4 is 5.73 Å². The Balaban J connectivity index is 1.90. The molecule has 2 aromatic carbocycles. The van der Waals surface area contributed by atoms with Gasteiger partial charge >= 0.3 is 0 Å². The highest BCUT2D eigenvalue weighted by Crippen LogP contribution is 2.56. The Morgan fingerprint density at radius 1 is 1.17 bits per heavy atom. The van der Waals surface area contributed by atoms with Gasteiger partial charge in [-0.05, 0) is 36.6 Å². The lowest BCUT2D eigenvalue weighted by Crippen LogP contribution is -2.21. The van der Waals surface area contributed by atoms with Crippen LogP contribution in [0.1, 0.15) is 29.0 Å². The summed E-state index contributed by atoms with van der Waals surface area (Å²) in [7, 11) is 0. The minimum absolute atomic E-state index is 0.262. The second kappa shape index (κ2) is 3.85. The third-order valence-corrected chi connectivity index (χ3v) is 3.87. The van der Waals surface area contributed by atoms with Crippen molar-refractivity contribution >= 4 is 0 Å². The summed E-state index contributed by atoms with van der Waals surface area (Å²) in [6.45, 7) is 2.08. The van der Waals surface area contributed by atoms with Gasteiger partial charge in [0.15, 0.2) is 0 Å². The topological polar surface area (TPSA) is 46.2 Å². The Bertz CT molecular complexity index is 576. The van der Waals surface area contributed by atoms with Crippen LogP contribution in [0.15, 0.2) is 48.5 Å². The minimum Gasteiger partial charge on any atom is -0.508 e. The zero-order valence-corrected chi connectivity index (χ0v) is 10.4. The molecule has 1 saturated carbocycles. The van der Waals surface area contributed by atoms with Gasteiger partial charge in [-0.3, -0.25) is 0 Å². The van der Waals surface area contributed by atoms with Crippen LogP contribution in [-0.4, -0.2) is 5.11 Å². The summed E-state index contributed by atoms with van der Waals surface area (Å²) < 4.78 is 0. The molecule has 0 amide bonds. The van der Waals surface area contributed by atoms with E-state index in [1.54, 1.807) is 6.07 Å². The fourth-order valence-electron chi connectivity index (χ4n) is 2.62. The molecule has 1 aliphatic rings. The zero-order valence-electron chi connectivity index (χ0n) is 10.4. The molecule has 0 aliphatic heterocycles. The van der Waals surface area contributed by atoms with E-state index in [4.69, 9.17) is 5.73 Å². The number of aromatic hydroxyl groups is 1. The molecule has 0 bridgehead atoms. The van der Waals surface area contributed by atoms with E-state index in [2.05, 4.69) is 31.2 Å². The van der Waals surface area contributed by atoms with E-state index in [1.165, 1.54) is 11.1 Å². The number of phenols is 1. The maximum Gasteiger partial charge on any atom is 0.115 e. The van der Waals surface area contributed by atoms with Gasteiger partial charge in [-0.25, -0.2) is 0 Å². The van der Waals surface area contributed by atoms with Gasteiger partial charge in [0.2, 0.25) is 0 Å². The van der Waals surface area contributed by atoms with E-state index in [1.807, 2.05) is 18.2 Å². The van der Waals surface area contributed by atoms with Gasteiger partial charge in [-0.2, -0.15) is 0 Å². The molecule has 0 radical (unpaired) electrons. The van der Waals surface area contributed by atoms with Crippen molar-refractivity contribution in [3.63, 3.8) is 0 Å². The van der Waals surface area contributed by atoms with E-state index in [0.29, 0.717) is 11.7 Å². The number of aryl methyl sites for hydroxylation is 1. The number of nitrogens with two attached hydrogens (primary N) is 1. The molecule has 92 valence electrons. The molecule has 2 heteroatoms. The average Bonchev–Trinajstić information content (AvgIpc) is 3.04. The van der Waals surface area contributed by atoms with Gasteiger partial charge in [0.25, 0.3) is 0 Å². The predicted octanol–water partition coefficient (Wildman–Crippen LogP) is 3.04. The van der Waals surface area contributed by atoms with Gasteiger partial charge in [0.05, 0.1) is 0 Å². The minimum atomic E-state index is -0.262. The molecule has 2 atom stereocenters. The smallest absolute Gasteiger partial charge is 0.115 e. The molecular weight excluding hydrogens is 222 g/mol. The van der Waals surface area contributed by atoms with E-state index < -0.39 is 0 Å². The SMILES string of the molecule is Cc1ccc(C2(N)CC2c2cccc(O)c2)cc1. The van der Waals surface area contributed by atoms with E-state index in [0.717, 1.165) is 12.0 Å². The maximum atomic E-state index is 9.53. The summed E-state index contributed by atoms with van der Waals surface area (Å²) in [6.07, 6.45) is 0.944. The normalized spacial score (nSPS) is 26.0. The average molecular weight is 239 g/mol. The van der Waals surface area contributed by atoms with Crippen molar-refractivity contribution in [2.45, 2.75) is 24.8 Å². The quantitative estimate of drug-likeness (QED) is 0.846. The van der Waals surface area contributed by atoms with Crippen molar-refractivity contribution in [3.05, 3.63) is 65.2 Å². The molecule has 1 aliphatic carbocycles. The molecule has 3 rings (SSSR count). The van der Waals surface area contributed by atoms with Crippen LogP contribution in [0.2, 0.25) is 0 Å². The van der Waals surface area contributed by atoms with Crippen molar-refractivity contribution in [1.29, 1.82) is 0 Å². The lowest BCUT2D eigenvalue weighted by Gasteiger charge is -2.12. The maximum absolute atomic E-state index is 9.53. The number of rotatable bonds is 2. The first kappa shape index (κ1) is 11.3. The largest absolute Gasteiger partial charge is 0.508 e. The summed E-state index contributed by atoms with van der Waals surface area (Å²) in [5, 5.41) is 9.53. The molecule has 2 unspecified atom stereocenters. The van der Waals surface area contributed by atoms with Crippen LogP contribution in [0, 0.1) is 6.92 Å². The first-order valence-corrected chi connectivity index (χ1v) is 6.24. The summed E-state index contributed by atoms with van der Waals surface area (Å²) in [4.78, 5) is 0. The van der Waals surface area contributed by atoms with E-state index in [-0.39, 0.29) is 5.54 Å². The van der Waals surface area contributed by atoms with Gasteiger partial charge in [-0.1, -0.05) is 42.0 Å². The van der Waals surface area contributed by atoms with Crippen molar-refractivity contribution in [1.82, 2.24) is 0 Å².